The smallest absolute Gasteiger partial charge is 0.333 e. The SMILES string of the molecule is C=C(C)C(=O)NCCOCCOCCNC(=O)CCC(=O)OC.C=C(C)C(=O)OCCOC(=O)C(=C)C.CCC(C)(C)C(=O)OCCOC(=O)C(C)(CC)CC(C)(C)C(=O)NCCOCCOCCNC(=O)CCC(=O)NN.CCC(C)(C)C(=O)OCCOC(=O)C(C)(CC)CC(C)(C)C(=O)NCCOCCOCCNC(=O)CCC(=O)OC.NN.O. The van der Waals surface area contributed by atoms with Crippen LogP contribution >= 0.6 is 0 Å². The van der Waals surface area contributed by atoms with Gasteiger partial charge in [0.05, 0.1) is 128 Å². The van der Waals surface area contributed by atoms with Gasteiger partial charge in [-0.1, -0.05) is 75.1 Å². The summed E-state index contributed by atoms with van der Waals surface area (Å²) in [5, 5.41) is 16.2. The quantitative estimate of drug-likeness (QED) is 0.00796. The van der Waals surface area contributed by atoms with E-state index in [4.69, 9.17) is 53.2 Å². The molecule has 0 radical (unpaired) electrons. The van der Waals surface area contributed by atoms with Crippen LogP contribution in [0.25, 0.3) is 0 Å². The van der Waals surface area contributed by atoms with E-state index in [2.05, 4.69) is 82.3 Å². The number of hydrazine groups is 2. The molecule has 2 atom stereocenters. The van der Waals surface area contributed by atoms with E-state index in [-0.39, 0.29) is 157 Å². The molecule has 0 aliphatic heterocycles. The second kappa shape index (κ2) is 72.3. The van der Waals surface area contributed by atoms with Crippen LogP contribution in [0.1, 0.15) is 195 Å². The molecule has 0 fully saturated rings. The number of amides is 7. The van der Waals surface area contributed by atoms with Gasteiger partial charge in [0.25, 0.3) is 0 Å². The first-order chi connectivity index (χ1) is 56.7. The van der Waals surface area contributed by atoms with E-state index in [0.29, 0.717) is 148 Å². The molecule has 0 aromatic carbocycles. The van der Waals surface area contributed by atoms with Gasteiger partial charge >= 0.3 is 47.8 Å². The molecule has 0 aromatic heterocycles. The van der Waals surface area contributed by atoms with Crippen molar-refractivity contribution in [3.05, 3.63) is 36.5 Å². The molecule has 0 heterocycles. The predicted molar refractivity (Wildman–Crippen MR) is 451 cm³/mol. The van der Waals surface area contributed by atoms with Crippen LogP contribution in [0.5, 0.6) is 0 Å². The van der Waals surface area contributed by atoms with Gasteiger partial charge in [-0.2, -0.15) is 0 Å². The third-order valence-electron chi connectivity index (χ3n) is 17.8. The lowest BCUT2D eigenvalue weighted by Gasteiger charge is -2.34. The van der Waals surface area contributed by atoms with Gasteiger partial charge in [-0.3, -0.25) is 79.4 Å². The lowest BCUT2D eigenvalue weighted by molar-refractivity contribution is -0.165. The van der Waals surface area contributed by atoms with Crippen LogP contribution in [0.2, 0.25) is 0 Å². The summed E-state index contributed by atoms with van der Waals surface area (Å²) in [6.07, 6.45) is 3.12. The van der Waals surface area contributed by atoms with Crippen molar-refractivity contribution in [2.75, 3.05) is 172 Å². The van der Waals surface area contributed by atoms with Crippen molar-refractivity contribution in [2.45, 2.75) is 195 Å². The first-order valence-corrected chi connectivity index (χ1v) is 40.3. The molecule has 0 saturated heterocycles. The van der Waals surface area contributed by atoms with Crippen LogP contribution in [-0.2, 0) is 138 Å². The largest absolute Gasteiger partial charge is 0.469 e. The second-order valence-corrected chi connectivity index (χ2v) is 30.3. The van der Waals surface area contributed by atoms with Crippen molar-refractivity contribution in [1.29, 1.82) is 0 Å². The van der Waals surface area contributed by atoms with Crippen LogP contribution < -0.4 is 54.9 Å². The van der Waals surface area contributed by atoms with Crippen molar-refractivity contribution in [1.82, 2.24) is 37.3 Å². The lowest BCUT2D eigenvalue weighted by Crippen LogP contribution is -2.44. The lowest BCUT2D eigenvalue weighted by atomic mass is 9.72. The number of methoxy groups -OCH3 is 2. The molecule has 122 heavy (non-hydrogen) atoms. The number of esters is 8. The maximum absolute atomic E-state index is 12.9. The maximum Gasteiger partial charge on any atom is 0.333 e. The van der Waals surface area contributed by atoms with Crippen molar-refractivity contribution in [2.24, 2.45) is 50.0 Å². The minimum atomic E-state index is -0.889. The number of hydrogen-bond donors (Lipinski definition) is 10. The third-order valence-corrected chi connectivity index (χ3v) is 17.8. The molecule has 40 nitrogen and oxygen atoms in total. The van der Waals surface area contributed by atoms with E-state index in [9.17, 15) is 71.9 Å². The number of ether oxygens (including phenoxy) is 14. The van der Waals surface area contributed by atoms with Crippen molar-refractivity contribution in [3.8, 4) is 0 Å². The fourth-order valence-electron chi connectivity index (χ4n) is 9.17. The number of hydrogen-bond acceptors (Lipinski definition) is 32. The maximum atomic E-state index is 12.9. The van der Waals surface area contributed by atoms with Gasteiger partial charge in [-0.05, 0) is 101 Å². The van der Waals surface area contributed by atoms with Crippen molar-refractivity contribution in [3.63, 3.8) is 0 Å². The minimum Gasteiger partial charge on any atom is -0.469 e. The van der Waals surface area contributed by atoms with E-state index >= 15 is 0 Å². The van der Waals surface area contributed by atoms with Crippen LogP contribution in [0.15, 0.2) is 36.5 Å². The summed E-state index contributed by atoms with van der Waals surface area (Å²) in [4.78, 5) is 176. The Balaban J connectivity index is -0.000000388. The molecular formula is C82H150N10O30. The van der Waals surface area contributed by atoms with Gasteiger partial charge in [-0.25, -0.2) is 15.4 Å². The zero-order valence-corrected chi connectivity index (χ0v) is 76.1. The molecule has 0 bridgehead atoms. The molecule has 0 aliphatic carbocycles. The molecule has 708 valence electrons. The number of carbonyl (C=O) groups is 15. The van der Waals surface area contributed by atoms with E-state index in [1.807, 2.05) is 33.1 Å². The normalized spacial score (nSPS) is 11.8. The summed E-state index contributed by atoms with van der Waals surface area (Å²) >= 11 is 0. The highest BCUT2D eigenvalue weighted by Crippen LogP contribution is 2.39. The number of nitrogens with one attached hydrogen (secondary N) is 7. The van der Waals surface area contributed by atoms with Gasteiger partial charge in [0, 0.05) is 92.5 Å². The van der Waals surface area contributed by atoms with Crippen molar-refractivity contribution >= 4 is 89.1 Å². The number of carbonyl (C=O) groups excluding carboxylic acids is 15. The Bertz CT molecular complexity index is 2970. The summed E-state index contributed by atoms with van der Waals surface area (Å²) in [7, 11) is 2.56. The highest BCUT2D eigenvalue weighted by Gasteiger charge is 2.44. The monoisotopic (exact) mass is 1760 g/mol. The molecule has 0 aromatic rings. The molecular weight excluding hydrogens is 1600 g/mol. The molecule has 0 saturated carbocycles. The zero-order valence-electron chi connectivity index (χ0n) is 76.1. The molecule has 40 heteroatoms. The summed E-state index contributed by atoms with van der Waals surface area (Å²) < 4.78 is 71.8. The van der Waals surface area contributed by atoms with Gasteiger partial charge < -0.3 is 104 Å². The fraction of sp³-hybridized carbons (Fsp3) is 0.744. The predicted octanol–water partition coefficient (Wildman–Crippen LogP) is 2.94. The van der Waals surface area contributed by atoms with Gasteiger partial charge in [0.1, 0.15) is 39.6 Å². The van der Waals surface area contributed by atoms with Crippen LogP contribution in [0, 0.1) is 32.5 Å². The highest BCUT2D eigenvalue weighted by molar-refractivity contribution is 5.92. The minimum absolute atomic E-state index is 0. The average molecular weight is 1760 g/mol. The van der Waals surface area contributed by atoms with Crippen LogP contribution in [0.4, 0.5) is 0 Å². The van der Waals surface area contributed by atoms with E-state index in [0.717, 1.165) is 0 Å². The number of rotatable bonds is 62. The van der Waals surface area contributed by atoms with Crippen LogP contribution in [0.3, 0.4) is 0 Å². The first-order valence-electron chi connectivity index (χ1n) is 40.3. The fourth-order valence-corrected chi connectivity index (χ4v) is 9.17. The molecule has 0 rings (SSSR count). The van der Waals surface area contributed by atoms with Gasteiger partial charge in [-0.15, -0.1) is 0 Å². The van der Waals surface area contributed by atoms with E-state index in [1.54, 1.807) is 90.0 Å². The molecule has 0 aliphatic rings. The molecule has 15 N–H and O–H groups in total. The third kappa shape index (κ3) is 64.7. The summed E-state index contributed by atoms with van der Waals surface area (Å²) in [6.45, 7) is 46.4. The van der Waals surface area contributed by atoms with Crippen molar-refractivity contribution < 1.29 is 144 Å². The Hall–Kier alpha value is -9.13. The summed E-state index contributed by atoms with van der Waals surface area (Å²) in [5.41, 5.74) is -1.59. The molecule has 2 unspecified atom stereocenters. The van der Waals surface area contributed by atoms with E-state index in [1.165, 1.54) is 14.2 Å². The second-order valence-electron chi connectivity index (χ2n) is 30.3. The van der Waals surface area contributed by atoms with Crippen LogP contribution in [-0.4, -0.2) is 267 Å². The van der Waals surface area contributed by atoms with Gasteiger partial charge in [0.15, 0.2) is 0 Å². The summed E-state index contributed by atoms with van der Waals surface area (Å²) in [6, 6.07) is 0. The van der Waals surface area contributed by atoms with E-state index < -0.39 is 74.2 Å². The number of nitrogens with two attached hydrogens (primary N) is 3. The van der Waals surface area contributed by atoms with Gasteiger partial charge in [0.2, 0.25) is 41.4 Å². The Morgan fingerprint density at radius 1 is 0.303 bits per heavy atom. The Kier molecular flexibility index (Phi) is 73.3. The Labute approximate surface area is 721 Å². The topological polar surface area (TPSA) is 579 Å². The Morgan fingerprint density at radius 2 is 0.549 bits per heavy atom. The highest BCUT2D eigenvalue weighted by atomic mass is 16.6. The standard InChI is InChI=1S/C29H52N2O10.C28H52N4O9.C15H26N2O6.C10H14O4.H4N2.H2O/c1-9-27(3,4)25(35)40-19-20-41-26(36)29(7,10-2)21-28(5,6)24(34)31-14-16-39-18-17-38-15-13-30-22(32)11-12-23(33)37-8;1-8-26(3,4)24(36)40-18-19-41-25(37)28(7,9-2)20-27(5,6)23(35)31-13-15-39-17-16-38-14-12-30-21(33)10-11-22(34)32-29;1-12(2)15(20)17-7-9-23-11-10-22-8-6-16-13(18)4-5-14(19)21-3;1-7(2)9(11)13-5-6-14-10(12)8(3)4;1-2;/h9-21H2,1-8H3,(H,30,32)(H,31,34);8-20,29H2,1-7H3,(H,30,33)(H,31,35)(H,32,34);1,4-11H2,2-3H3,(H,16,18)(H,17,20);1,3,5-6H2,2,4H3;1-2H2;1H2. The zero-order chi connectivity index (χ0) is 93.7. The average Bonchev–Trinajstić information content (AvgIpc) is 0.820. The molecule has 0 spiro atoms. The molecule has 7 amide bonds. The first kappa shape index (κ1) is 124. The summed E-state index contributed by atoms with van der Waals surface area (Å²) in [5.74, 6) is 7.85. The Morgan fingerprint density at radius 3 is 0.795 bits per heavy atom.